The van der Waals surface area contributed by atoms with Gasteiger partial charge in [0.25, 0.3) is 0 Å². The van der Waals surface area contributed by atoms with Crippen LogP contribution in [0.2, 0.25) is 0 Å². The average molecular weight is 269 g/mol. The average Bonchev–Trinajstić information content (AvgIpc) is 2.89. The predicted octanol–water partition coefficient (Wildman–Crippen LogP) is 4.01. The van der Waals surface area contributed by atoms with Crippen LogP contribution in [0.25, 0.3) is 0 Å². The first-order valence-electron chi connectivity index (χ1n) is 6.85. The largest absolute Gasteiger partial charge is 0.330 e. The Morgan fingerprint density at radius 2 is 1.79 bits per heavy atom. The van der Waals surface area contributed by atoms with Crippen LogP contribution in [0.15, 0.2) is 59.5 Å². The molecule has 2 atom stereocenters. The molecule has 0 amide bonds. The highest BCUT2D eigenvalue weighted by atomic mass is 32.2. The minimum atomic E-state index is 0.470. The van der Waals surface area contributed by atoms with E-state index in [9.17, 15) is 0 Å². The molecule has 2 N–H and O–H groups in total. The minimum absolute atomic E-state index is 0.470. The van der Waals surface area contributed by atoms with E-state index >= 15 is 0 Å². The molecule has 2 heteroatoms. The molecule has 0 aliphatic carbocycles. The smallest absolute Gasteiger partial charge is 0.0107 e. The molecule has 0 fully saturated rings. The summed E-state index contributed by atoms with van der Waals surface area (Å²) in [5, 5.41) is 0. The van der Waals surface area contributed by atoms with Crippen molar-refractivity contribution >= 4 is 11.8 Å². The first-order valence-corrected chi connectivity index (χ1v) is 7.84. The van der Waals surface area contributed by atoms with Crippen molar-refractivity contribution in [3.63, 3.8) is 0 Å². The standard InChI is InChI=1S/C17H19NS/c18-11-14(13-6-2-1-3-7-13)10-15-12-19-17-9-5-4-8-16(15)17/h1-9,14-15H,10-12,18H2. The second-order valence-electron chi connectivity index (χ2n) is 5.12. The van der Waals surface area contributed by atoms with Gasteiger partial charge in [-0.05, 0) is 42.0 Å². The summed E-state index contributed by atoms with van der Waals surface area (Å²) in [5.74, 6) is 2.32. The lowest BCUT2D eigenvalue weighted by Crippen LogP contribution is -2.15. The van der Waals surface area contributed by atoms with Crippen LogP contribution in [0.4, 0.5) is 0 Å². The predicted molar refractivity (Wildman–Crippen MR) is 82.8 cm³/mol. The quantitative estimate of drug-likeness (QED) is 0.907. The zero-order valence-corrected chi connectivity index (χ0v) is 11.8. The second kappa shape index (κ2) is 5.81. The van der Waals surface area contributed by atoms with Crippen LogP contribution in [-0.4, -0.2) is 12.3 Å². The van der Waals surface area contributed by atoms with Gasteiger partial charge in [0.1, 0.15) is 0 Å². The maximum absolute atomic E-state index is 6.00. The topological polar surface area (TPSA) is 26.0 Å². The highest BCUT2D eigenvalue weighted by molar-refractivity contribution is 7.99. The third-order valence-electron chi connectivity index (χ3n) is 3.92. The molecule has 0 radical (unpaired) electrons. The third kappa shape index (κ3) is 2.70. The lowest BCUT2D eigenvalue weighted by atomic mass is 9.86. The van der Waals surface area contributed by atoms with Gasteiger partial charge in [0, 0.05) is 10.6 Å². The van der Waals surface area contributed by atoms with Crippen molar-refractivity contribution in [2.24, 2.45) is 5.73 Å². The molecular formula is C17H19NS. The van der Waals surface area contributed by atoms with Crippen molar-refractivity contribution < 1.29 is 0 Å². The molecule has 1 aliphatic heterocycles. The van der Waals surface area contributed by atoms with Gasteiger partial charge in [-0.2, -0.15) is 0 Å². The number of fused-ring (bicyclic) bond motifs is 1. The van der Waals surface area contributed by atoms with Crippen LogP contribution in [-0.2, 0) is 0 Å². The van der Waals surface area contributed by atoms with E-state index in [1.165, 1.54) is 21.8 Å². The Morgan fingerprint density at radius 3 is 2.58 bits per heavy atom. The van der Waals surface area contributed by atoms with Gasteiger partial charge >= 0.3 is 0 Å². The van der Waals surface area contributed by atoms with Crippen molar-refractivity contribution in [1.29, 1.82) is 0 Å². The van der Waals surface area contributed by atoms with Crippen LogP contribution >= 0.6 is 11.8 Å². The normalized spacial score (nSPS) is 19.1. The molecule has 2 aromatic rings. The highest BCUT2D eigenvalue weighted by Gasteiger charge is 2.25. The molecule has 1 heterocycles. The fourth-order valence-electron chi connectivity index (χ4n) is 2.86. The van der Waals surface area contributed by atoms with Crippen molar-refractivity contribution in [3.8, 4) is 0 Å². The van der Waals surface area contributed by atoms with E-state index < -0.39 is 0 Å². The zero-order valence-electron chi connectivity index (χ0n) is 11.0. The number of nitrogens with two attached hydrogens (primary N) is 1. The Balaban J connectivity index is 1.78. The highest BCUT2D eigenvalue weighted by Crippen LogP contribution is 2.43. The van der Waals surface area contributed by atoms with Crippen molar-refractivity contribution in [2.75, 3.05) is 12.3 Å². The van der Waals surface area contributed by atoms with Crippen LogP contribution in [0, 0.1) is 0 Å². The molecule has 0 saturated carbocycles. The van der Waals surface area contributed by atoms with E-state index in [0.29, 0.717) is 11.8 Å². The minimum Gasteiger partial charge on any atom is -0.330 e. The van der Waals surface area contributed by atoms with E-state index in [1.54, 1.807) is 0 Å². The summed E-state index contributed by atoms with van der Waals surface area (Å²) >= 11 is 1.98. The Bertz CT molecular complexity index is 538. The molecule has 1 aliphatic rings. The molecule has 0 spiro atoms. The second-order valence-corrected chi connectivity index (χ2v) is 6.19. The maximum Gasteiger partial charge on any atom is 0.0107 e. The fourth-order valence-corrected chi connectivity index (χ4v) is 4.13. The Kier molecular flexibility index (Phi) is 3.90. The van der Waals surface area contributed by atoms with E-state index in [1.807, 2.05) is 11.8 Å². The number of rotatable bonds is 4. The molecule has 3 rings (SSSR count). The molecule has 19 heavy (non-hydrogen) atoms. The van der Waals surface area contributed by atoms with Crippen molar-refractivity contribution in [1.82, 2.24) is 0 Å². The summed E-state index contributed by atoms with van der Waals surface area (Å²) in [5.41, 5.74) is 8.89. The van der Waals surface area contributed by atoms with Crippen LogP contribution in [0.5, 0.6) is 0 Å². The van der Waals surface area contributed by atoms with Gasteiger partial charge in [0.2, 0.25) is 0 Å². The van der Waals surface area contributed by atoms with E-state index in [0.717, 1.165) is 13.0 Å². The summed E-state index contributed by atoms with van der Waals surface area (Å²) in [6.45, 7) is 0.730. The van der Waals surface area contributed by atoms with Gasteiger partial charge < -0.3 is 5.73 Å². The molecule has 2 unspecified atom stereocenters. The van der Waals surface area contributed by atoms with Crippen LogP contribution in [0.3, 0.4) is 0 Å². The zero-order chi connectivity index (χ0) is 13.1. The van der Waals surface area contributed by atoms with Gasteiger partial charge in [0.15, 0.2) is 0 Å². The van der Waals surface area contributed by atoms with Gasteiger partial charge in [-0.25, -0.2) is 0 Å². The first-order chi connectivity index (χ1) is 9.38. The Labute approximate surface area is 119 Å². The first kappa shape index (κ1) is 12.8. The monoisotopic (exact) mass is 269 g/mol. The van der Waals surface area contributed by atoms with Crippen LogP contribution < -0.4 is 5.73 Å². The summed E-state index contributed by atoms with van der Waals surface area (Å²) in [6.07, 6.45) is 1.16. The number of hydrogen-bond acceptors (Lipinski definition) is 2. The van der Waals surface area contributed by atoms with Gasteiger partial charge in [-0.15, -0.1) is 11.8 Å². The SMILES string of the molecule is NCC(CC1CSc2ccccc21)c1ccccc1. The summed E-state index contributed by atoms with van der Waals surface area (Å²) in [7, 11) is 0. The third-order valence-corrected chi connectivity index (χ3v) is 5.18. The lowest BCUT2D eigenvalue weighted by Gasteiger charge is -2.20. The Hall–Kier alpha value is -1.25. The van der Waals surface area contributed by atoms with Crippen LogP contribution in [0.1, 0.15) is 29.4 Å². The lowest BCUT2D eigenvalue weighted by molar-refractivity contribution is 0.570. The molecule has 1 nitrogen and oxygen atoms in total. The fraction of sp³-hybridized carbons (Fsp3) is 0.294. The summed E-state index contributed by atoms with van der Waals surface area (Å²) in [6, 6.07) is 19.5. The molecular weight excluding hydrogens is 250 g/mol. The molecule has 0 bridgehead atoms. The van der Waals surface area contributed by atoms with E-state index in [4.69, 9.17) is 5.73 Å². The van der Waals surface area contributed by atoms with E-state index in [-0.39, 0.29) is 0 Å². The molecule has 98 valence electrons. The summed E-state index contributed by atoms with van der Waals surface area (Å²) < 4.78 is 0. The molecule has 0 aromatic heterocycles. The number of thioether (sulfide) groups is 1. The number of benzene rings is 2. The number of hydrogen-bond donors (Lipinski definition) is 1. The van der Waals surface area contributed by atoms with E-state index in [2.05, 4.69) is 54.6 Å². The molecule has 0 saturated heterocycles. The molecule has 2 aromatic carbocycles. The maximum atomic E-state index is 6.00. The van der Waals surface area contributed by atoms with Crippen molar-refractivity contribution in [3.05, 3.63) is 65.7 Å². The summed E-state index contributed by atoms with van der Waals surface area (Å²) in [4.78, 5) is 1.45. The van der Waals surface area contributed by atoms with Gasteiger partial charge in [0.05, 0.1) is 0 Å². The van der Waals surface area contributed by atoms with Crippen molar-refractivity contribution in [2.45, 2.75) is 23.2 Å². The Morgan fingerprint density at radius 1 is 1.05 bits per heavy atom. The van der Waals surface area contributed by atoms with Gasteiger partial charge in [-0.3, -0.25) is 0 Å². The van der Waals surface area contributed by atoms with Gasteiger partial charge in [-0.1, -0.05) is 48.5 Å².